The van der Waals surface area contributed by atoms with Crippen molar-refractivity contribution in [3.05, 3.63) is 18.2 Å². The molecule has 0 saturated heterocycles. The fourth-order valence-corrected chi connectivity index (χ4v) is 1.76. The number of carboxylic acid groups (broad SMARTS) is 2. The van der Waals surface area contributed by atoms with Gasteiger partial charge in [-0.05, 0) is 26.0 Å². The normalized spacial score (nSPS) is 9.91. The molecule has 2 N–H and O–H groups in total. The van der Waals surface area contributed by atoms with Crippen LogP contribution in [0.4, 0.5) is 11.6 Å². The van der Waals surface area contributed by atoms with E-state index in [0.29, 0.717) is 0 Å². The molecule has 0 aliphatic rings. The first-order valence-corrected chi connectivity index (χ1v) is 6.40. The molecule has 0 atom stereocenters. The number of carbonyl (C=O) groups is 4. The third kappa shape index (κ3) is 3.57. The molecule has 0 aliphatic heterocycles. The van der Waals surface area contributed by atoms with Crippen LogP contribution in [-0.4, -0.2) is 52.0 Å². The minimum Gasteiger partial charge on any atom is -0.474 e. The Balaban J connectivity index is 3.22. The molecule has 22 heavy (non-hydrogen) atoms. The van der Waals surface area contributed by atoms with Crippen molar-refractivity contribution in [2.75, 3.05) is 22.9 Å². The van der Waals surface area contributed by atoms with Crippen LogP contribution in [0.1, 0.15) is 13.8 Å². The summed E-state index contributed by atoms with van der Waals surface area (Å²) < 4.78 is 0. The van der Waals surface area contributed by atoms with Gasteiger partial charge in [0.05, 0.1) is 0 Å². The second kappa shape index (κ2) is 7.16. The molecule has 9 heteroatoms. The Morgan fingerprint density at radius 3 is 1.55 bits per heavy atom. The Kier molecular flexibility index (Phi) is 5.56. The van der Waals surface area contributed by atoms with Gasteiger partial charge < -0.3 is 10.2 Å². The fourth-order valence-electron chi connectivity index (χ4n) is 1.76. The summed E-state index contributed by atoms with van der Waals surface area (Å²) >= 11 is 0. The van der Waals surface area contributed by atoms with Crippen molar-refractivity contribution in [3.63, 3.8) is 0 Å². The van der Waals surface area contributed by atoms with Crippen LogP contribution in [-0.2, 0) is 19.2 Å². The van der Waals surface area contributed by atoms with Crippen molar-refractivity contribution < 1.29 is 29.4 Å². The highest BCUT2D eigenvalue weighted by Crippen LogP contribution is 2.18. The molecule has 1 aromatic rings. The summed E-state index contributed by atoms with van der Waals surface area (Å²) in [7, 11) is 0. The second-order valence-electron chi connectivity index (χ2n) is 4.06. The Bertz CT molecular complexity index is 566. The average molecular weight is 309 g/mol. The predicted molar refractivity (Wildman–Crippen MR) is 75.6 cm³/mol. The Morgan fingerprint density at radius 1 is 0.909 bits per heavy atom. The highest BCUT2D eigenvalue weighted by molar-refractivity contribution is 6.37. The van der Waals surface area contributed by atoms with Gasteiger partial charge in [-0.2, -0.15) is 0 Å². The summed E-state index contributed by atoms with van der Waals surface area (Å²) in [4.78, 5) is 50.5. The van der Waals surface area contributed by atoms with Crippen LogP contribution >= 0.6 is 0 Å². The van der Waals surface area contributed by atoms with Gasteiger partial charge in [0.25, 0.3) is 0 Å². The molecular formula is C13H15N3O6. The smallest absolute Gasteiger partial charge is 0.395 e. The number of rotatable bonds is 4. The molecule has 0 spiro atoms. The molecule has 1 rings (SSSR count). The minimum atomic E-state index is -1.64. The molecule has 9 nitrogen and oxygen atoms in total. The van der Waals surface area contributed by atoms with Gasteiger partial charge in [0.2, 0.25) is 0 Å². The van der Waals surface area contributed by atoms with Crippen LogP contribution < -0.4 is 9.80 Å². The minimum absolute atomic E-state index is 0.0176. The van der Waals surface area contributed by atoms with Crippen molar-refractivity contribution in [3.8, 4) is 0 Å². The molecule has 0 bridgehead atoms. The molecule has 0 radical (unpaired) electrons. The maximum absolute atomic E-state index is 11.6. The van der Waals surface area contributed by atoms with E-state index in [-0.39, 0.29) is 24.7 Å². The number of hydrogen-bond acceptors (Lipinski definition) is 5. The Hall–Kier alpha value is -2.97. The van der Waals surface area contributed by atoms with Gasteiger partial charge in [-0.3, -0.25) is 19.4 Å². The zero-order chi connectivity index (χ0) is 16.9. The molecule has 0 aliphatic carbocycles. The monoisotopic (exact) mass is 309 g/mol. The lowest BCUT2D eigenvalue weighted by Gasteiger charge is -2.21. The Labute approximate surface area is 125 Å². The van der Waals surface area contributed by atoms with Crippen LogP contribution in [0.25, 0.3) is 0 Å². The standard InChI is InChI=1S/C13H15N3O6/c1-3-15(10(17)12(19)20)8-6-5-7-9(14-8)16(4-2)11(18)13(21)22/h5-7H,3-4H2,1-2H3,(H,19,20)(H,21,22). The number of nitrogens with zero attached hydrogens (tertiary/aromatic N) is 3. The number of carboxylic acids is 2. The van der Waals surface area contributed by atoms with Gasteiger partial charge in [0, 0.05) is 13.1 Å². The van der Waals surface area contributed by atoms with Crippen LogP contribution in [0, 0.1) is 0 Å². The Morgan fingerprint density at radius 2 is 1.27 bits per heavy atom. The average Bonchev–Trinajstić information content (AvgIpc) is 2.48. The molecule has 0 unspecified atom stereocenters. The molecule has 1 heterocycles. The summed E-state index contributed by atoms with van der Waals surface area (Å²) in [5.41, 5.74) is 0. The number of aliphatic carboxylic acids is 2. The SMILES string of the molecule is CCN(C(=O)C(=O)O)c1cccc(N(CC)C(=O)C(=O)O)n1. The van der Waals surface area contributed by atoms with Crippen molar-refractivity contribution in [2.45, 2.75) is 13.8 Å². The number of carbonyl (C=O) groups excluding carboxylic acids is 2. The zero-order valence-electron chi connectivity index (χ0n) is 12.0. The summed E-state index contributed by atoms with van der Waals surface area (Å²) in [6.45, 7) is 3.24. The molecule has 118 valence electrons. The van der Waals surface area contributed by atoms with E-state index in [2.05, 4.69) is 4.98 Å². The predicted octanol–water partition coefficient (Wildman–Crippen LogP) is -0.0434. The van der Waals surface area contributed by atoms with Crippen LogP contribution in [0.2, 0.25) is 0 Å². The fraction of sp³-hybridized carbons (Fsp3) is 0.308. The molecule has 0 saturated carbocycles. The van der Waals surface area contributed by atoms with Crippen molar-refractivity contribution in [1.29, 1.82) is 0 Å². The first-order chi connectivity index (χ1) is 10.3. The third-order valence-corrected chi connectivity index (χ3v) is 2.76. The van der Waals surface area contributed by atoms with Crippen LogP contribution in [0.15, 0.2) is 18.2 Å². The maximum Gasteiger partial charge on any atom is 0.395 e. The van der Waals surface area contributed by atoms with Gasteiger partial charge in [-0.25, -0.2) is 14.6 Å². The number of likely N-dealkylation sites (N-methyl/N-ethyl adjacent to an activating group) is 2. The summed E-state index contributed by atoms with van der Waals surface area (Å²) in [5, 5.41) is 17.5. The van der Waals surface area contributed by atoms with E-state index in [4.69, 9.17) is 10.2 Å². The molecule has 1 aromatic heterocycles. The number of hydrogen-bond donors (Lipinski definition) is 2. The summed E-state index contributed by atoms with van der Waals surface area (Å²) in [6.07, 6.45) is 0. The van der Waals surface area contributed by atoms with E-state index in [1.54, 1.807) is 13.8 Å². The summed E-state index contributed by atoms with van der Waals surface area (Å²) in [5.74, 6) is -5.57. The van der Waals surface area contributed by atoms with Gasteiger partial charge in [0.1, 0.15) is 11.6 Å². The third-order valence-electron chi connectivity index (χ3n) is 2.76. The molecule has 2 amide bonds. The second-order valence-corrected chi connectivity index (χ2v) is 4.06. The van der Waals surface area contributed by atoms with Crippen LogP contribution in [0.3, 0.4) is 0 Å². The topological polar surface area (TPSA) is 128 Å². The van der Waals surface area contributed by atoms with Gasteiger partial charge in [-0.15, -0.1) is 0 Å². The van der Waals surface area contributed by atoms with Gasteiger partial charge >= 0.3 is 23.8 Å². The lowest BCUT2D eigenvalue weighted by Crippen LogP contribution is -2.39. The lowest BCUT2D eigenvalue weighted by atomic mass is 10.3. The van der Waals surface area contributed by atoms with Gasteiger partial charge in [-0.1, -0.05) is 6.07 Å². The van der Waals surface area contributed by atoms with Crippen molar-refractivity contribution in [1.82, 2.24) is 4.98 Å². The molecule has 0 fully saturated rings. The van der Waals surface area contributed by atoms with Gasteiger partial charge in [0.15, 0.2) is 0 Å². The summed E-state index contributed by atoms with van der Waals surface area (Å²) in [6, 6.07) is 4.24. The lowest BCUT2D eigenvalue weighted by molar-refractivity contribution is -0.148. The first-order valence-electron chi connectivity index (χ1n) is 6.40. The van der Waals surface area contributed by atoms with Crippen molar-refractivity contribution in [2.24, 2.45) is 0 Å². The van der Waals surface area contributed by atoms with E-state index < -0.39 is 23.8 Å². The largest absolute Gasteiger partial charge is 0.474 e. The highest BCUT2D eigenvalue weighted by atomic mass is 16.4. The first kappa shape index (κ1) is 17.1. The molecular weight excluding hydrogens is 294 g/mol. The number of anilines is 2. The number of pyridine rings is 1. The van der Waals surface area contributed by atoms with Crippen LogP contribution in [0.5, 0.6) is 0 Å². The highest BCUT2D eigenvalue weighted by Gasteiger charge is 2.25. The van der Waals surface area contributed by atoms with E-state index in [9.17, 15) is 19.2 Å². The molecule has 0 aromatic carbocycles. The number of aromatic nitrogens is 1. The van der Waals surface area contributed by atoms with E-state index >= 15 is 0 Å². The zero-order valence-corrected chi connectivity index (χ0v) is 12.0. The van der Waals surface area contributed by atoms with E-state index in [1.165, 1.54) is 18.2 Å². The van der Waals surface area contributed by atoms with E-state index in [0.717, 1.165) is 9.80 Å². The number of amides is 2. The van der Waals surface area contributed by atoms with E-state index in [1.807, 2.05) is 0 Å². The maximum atomic E-state index is 11.6. The van der Waals surface area contributed by atoms with Crippen molar-refractivity contribution >= 4 is 35.4 Å². The quantitative estimate of drug-likeness (QED) is 0.746.